The molecule has 0 saturated carbocycles. The van der Waals surface area contributed by atoms with Crippen LogP contribution in [0.25, 0.3) is 0 Å². The van der Waals surface area contributed by atoms with Crippen molar-refractivity contribution in [3.63, 3.8) is 0 Å². The van der Waals surface area contributed by atoms with Gasteiger partial charge in [0, 0.05) is 12.0 Å². The topological polar surface area (TPSA) is 29.5 Å². The summed E-state index contributed by atoms with van der Waals surface area (Å²) in [5, 5.41) is 0. The highest BCUT2D eigenvalue weighted by Crippen LogP contribution is 2.26. The molecule has 0 radical (unpaired) electrons. The van der Waals surface area contributed by atoms with Crippen LogP contribution in [0.3, 0.4) is 0 Å². The highest BCUT2D eigenvalue weighted by atomic mass is 16.5. The molecule has 3 heteroatoms. The third kappa shape index (κ3) is 3.04. The minimum atomic E-state index is 0.245. The van der Waals surface area contributed by atoms with E-state index >= 15 is 0 Å². The lowest BCUT2D eigenvalue weighted by molar-refractivity contribution is 0.0932. The first kappa shape index (κ1) is 13.6. The molecule has 20 heavy (non-hydrogen) atoms. The van der Waals surface area contributed by atoms with Gasteiger partial charge in [-0.05, 0) is 62.0 Å². The zero-order valence-corrected chi connectivity index (χ0v) is 12.2. The van der Waals surface area contributed by atoms with Gasteiger partial charge in [0.25, 0.3) is 0 Å². The number of nitrogens with zero attached hydrogens (tertiary/aromatic N) is 1. The van der Waals surface area contributed by atoms with E-state index in [-0.39, 0.29) is 5.78 Å². The number of likely N-dealkylation sites (tertiary alicyclic amines) is 1. The summed E-state index contributed by atoms with van der Waals surface area (Å²) in [5.41, 5.74) is 2.02. The molecule has 0 spiro atoms. The Kier molecular flexibility index (Phi) is 4.06. The van der Waals surface area contributed by atoms with Gasteiger partial charge in [-0.25, -0.2) is 0 Å². The molecular weight excluding hydrogens is 250 g/mol. The molecule has 3 nitrogen and oxygen atoms in total. The number of rotatable bonds is 3. The average Bonchev–Trinajstić information content (AvgIpc) is 2.82. The summed E-state index contributed by atoms with van der Waals surface area (Å²) in [6, 6.07) is 5.87. The smallest absolute Gasteiger partial charge is 0.176 e. The van der Waals surface area contributed by atoms with E-state index in [1.807, 2.05) is 18.2 Å². The van der Waals surface area contributed by atoms with Crippen molar-refractivity contribution in [2.75, 3.05) is 26.2 Å². The van der Waals surface area contributed by atoms with Gasteiger partial charge in [-0.2, -0.15) is 0 Å². The Labute approximate surface area is 120 Å². The minimum absolute atomic E-state index is 0.245. The Hall–Kier alpha value is -1.35. The number of carbonyl (C=O) groups excluding carboxylic acids is 1. The molecule has 1 fully saturated rings. The average molecular weight is 273 g/mol. The number of hydrogen-bond donors (Lipinski definition) is 0. The van der Waals surface area contributed by atoms with Crippen LogP contribution in [-0.4, -0.2) is 36.9 Å². The summed E-state index contributed by atoms with van der Waals surface area (Å²) >= 11 is 0. The zero-order valence-electron chi connectivity index (χ0n) is 12.2. The van der Waals surface area contributed by atoms with Crippen LogP contribution in [0.4, 0.5) is 0 Å². The number of carbonyl (C=O) groups is 1. The second-order valence-electron chi connectivity index (χ2n) is 6.16. The van der Waals surface area contributed by atoms with Gasteiger partial charge in [0.1, 0.15) is 5.75 Å². The zero-order chi connectivity index (χ0) is 13.9. The van der Waals surface area contributed by atoms with Crippen LogP contribution in [0, 0.1) is 5.92 Å². The fourth-order valence-corrected chi connectivity index (χ4v) is 3.13. The number of hydrogen-bond acceptors (Lipinski definition) is 3. The van der Waals surface area contributed by atoms with Crippen molar-refractivity contribution in [1.29, 1.82) is 0 Å². The van der Waals surface area contributed by atoms with Crippen molar-refractivity contribution in [3.8, 4) is 5.75 Å². The molecule has 1 aromatic carbocycles. The molecule has 1 aromatic rings. The maximum absolute atomic E-state index is 12.4. The molecule has 0 N–H and O–H groups in total. The summed E-state index contributed by atoms with van der Waals surface area (Å²) in [4.78, 5) is 14.7. The highest BCUT2D eigenvalue weighted by molar-refractivity contribution is 5.98. The van der Waals surface area contributed by atoms with Crippen molar-refractivity contribution in [2.24, 2.45) is 5.92 Å². The second-order valence-corrected chi connectivity index (χ2v) is 6.16. The quantitative estimate of drug-likeness (QED) is 0.793. The van der Waals surface area contributed by atoms with Gasteiger partial charge in [0.05, 0.1) is 13.2 Å². The Balaban J connectivity index is 1.64. The van der Waals surface area contributed by atoms with Crippen molar-refractivity contribution >= 4 is 5.78 Å². The molecule has 2 heterocycles. The molecule has 0 aromatic heterocycles. The minimum Gasteiger partial charge on any atom is -0.493 e. The summed E-state index contributed by atoms with van der Waals surface area (Å²) in [6.07, 6.45) is 4.65. The van der Waals surface area contributed by atoms with E-state index in [4.69, 9.17) is 4.74 Å². The maximum Gasteiger partial charge on any atom is 0.176 e. The Morgan fingerprint density at radius 3 is 3.15 bits per heavy atom. The van der Waals surface area contributed by atoms with E-state index in [0.29, 0.717) is 6.54 Å². The first-order valence-electron chi connectivity index (χ1n) is 7.73. The molecule has 0 aliphatic carbocycles. The predicted octanol–water partition coefficient (Wildman–Crippen LogP) is 2.93. The van der Waals surface area contributed by atoms with Crippen molar-refractivity contribution in [3.05, 3.63) is 29.3 Å². The van der Waals surface area contributed by atoms with Crippen molar-refractivity contribution < 1.29 is 9.53 Å². The van der Waals surface area contributed by atoms with Crippen molar-refractivity contribution in [2.45, 2.75) is 32.6 Å². The third-order valence-corrected chi connectivity index (χ3v) is 4.49. The number of fused-ring (bicyclic) bond motifs is 1. The lowest BCUT2D eigenvalue weighted by Gasteiger charge is -2.19. The summed E-state index contributed by atoms with van der Waals surface area (Å²) in [7, 11) is 0. The van der Waals surface area contributed by atoms with Crippen LogP contribution in [0.2, 0.25) is 0 Å². The van der Waals surface area contributed by atoms with Gasteiger partial charge in [-0.1, -0.05) is 6.92 Å². The Morgan fingerprint density at radius 2 is 2.25 bits per heavy atom. The van der Waals surface area contributed by atoms with E-state index in [1.54, 1.807) is 0 Å². The largest absolute Gasteiger partial charge is 0.493 e. The fourth-order valence-electron chi connectivity index (χ4n) is 3.13. The molecule has 0 bridgehead atoms. The van der Waals surface area contributed by atoms with Gasteiger partial charge in [-0.3, -0.25) is 9.69 Å². The molecule has 108 valence electrons. The second kappa shape index (κ2) is 5.96. The van der Waals surface area contributed by atoms with Crippen LogP contribution >= 0.6 is 0 Å². The summed E-state index contributed by atoms with van der Waals surface area (Å²) in [5.74, 6) is 1.99. The van der Waals surface area contributed by atoms with Crippen LogP contribution < -0.4 is 4.74 Å². The number of ketones is 1. The van der Waals surface area contributed by atoms with Crippen LogP contribution in [0.5, 0.6) is 5.75 Å². The maximum atomic E-state index is 12.4. The Morgan fingerprint density at radius 1 is 1.35 bits per heavy atom. The number of Topliss-reactive ketones (excluding diaryl/α,β-unsaturated/α-hetero) is 1. The lowest BCUT2D eigenvalue weighted by Crippen LogP contribution is -2.31. The molecular formula is C17H23NO2. The first-order chi connectivity index (χ1) is 9.72. The number of ether oxygens (including phenoxy) is 1. The molecule has 1 saturated heterocycles. The predicted molar refractivity (Wildman–Crippen MR) is 79.4 cm³/mol. The van der Waals surface area contributed by atoms with Gasteiger partial charge in [0.2, 0.25) is 0 Å². The van der Waals surface area contributed by atoms with Gasteiger partial charge in [0.15, 0.2) is 5.78 Å². The first-order valence-corrected chi connectivity index (χ1v) is 7.73. The van der Waals surface area contributed by atoms with Crippen LogP contribution in [0.15, 0.2) is 18.2 Å². The van der Waals surface area contributed by atoms with E-state index < -0.39 is 0 Å². The highest BCUT2D eigenvalue weighted by Gasteiger charge is 2.19. The van der Waals surface area contributed by atoms with Crippen LogP contribution in [0.1, 0.15) is 42.1 Å². The van der Waals surface area contributed by atoms with E-state index in [1.165, 1.54) is 24.8 Å². The van der Waals surface area contributed by atoms with Gasteiger partial charge < -0.3 is 4.74 Å². The lowest BCUT2D eigenvalue weighted by atomic mass is 10.0. The SMILES string of the molecule is CC1CCCN(CC(=O)c2ccc3c(c2)CCO3)CC1. The molecule has 2 aliphatic heterocycles. The summed E-state index contributed by atoms with van der Waals surface area (Å²) < 4.78 is 5.49. The molecule has 1 atom stereocenters. The van der Waals surface area contributed by atoms with E-state index in [9.17, 15) is 4.79 Å². The van der Waals surface area contributed by atoms with Crippen molar-refractivity contribution in [1.82, 2.24) is 4.90 Å². The number of benzene rings is 1. The summed E-state index contributed by atoms with van der Waals surface area (Å²) in [6.45, 7) is 5.74. The molecule has 3 rings (SSSR count). The monoisotopic (exact) mass is 273 g/mol. The fraction of sp³-hybridized carbons (Fsp3) is 0.588. The third-order valence-electron chi connectivity index (χ3n) is 4.49. The normalized spacial score (nSPS) is 22.9. The van der Waals surface area contributed by atoms with Crippen LogP contribution in [-0.2, 0) is 6.42 Å². The Bertz CT molecular complexity index is 498. The van der Waals surface area contributed by atoms with Gasteiger partial charge >= 0.3 is 0 Å². The van der Waals surface area contributed by atoms with E-state index in [2.05, 4.69) is 11.8 Å². The van der Waals surface area contributed by atoms with Gasteiger partial charge in [-0.15, -0.1) is 0 Å². The van der Waals surface area contributed by atoms with E-state index in [0.717, 1.165) is 43.3 Å². The molecule has 1 unspecified atom stereocenters. The molecule has 2 aliphatic rings. The molecule has 0 amide bonds. The standard InChI is InChI=1S/C17H23NO2/c1-13-3-2-8-18(9-6-13)12-16(19)14-4-5-17-15(11-14)7-10-20-17/h4-5,11,13H,2-3,6-10,12H2,1H3.